The Morgan fingerprint density at radius 1 is 1.28 bits per heavy atom. The first-order chi connectivity index (χ1) is 8.72. The number of nitrogens with zero attached hydrogens (tertiary/aromatic N) is 2. The van der Waals surface area contributed by atoms with Crippen LogP contribution < -0.4 is 14.8 Å². The van der Waals surface area contributed by atoms with E-state index in [4.69, 9.17) is 9.47 Å². The van der Waals surface area contributed by atoms with Crippen molar-refractivity contribution < 1.29 is 14.6 Å². The quantitative estimate of drug-likeness (QED) is 0.713. The van der Waals surface area contributed by atoms with Gasteiger partial charge in [0.05, 0.1) is 25.9 Å². The normalized spacial score (nSPS) is 12.2. The minimum absolute atomic E-state index is 0.336. The van der Waals surface area contributed by atoms with E-state index < -0.39 is 0 Å². The summed E-state index contributed by atoms with van der Waals surface area (Å²) in [5, 5.41) is 12.8. The lowest BCUT2D eigenvalue weighted by molar-refractivity contribution is 0.160. The minimum Gasteiger partial charge on any atom is -0.481 e. The largest absolute Gasteiger partial charge is 0.481 e. The van der Waals surface area contributed by atoms with Gasteiger partial charge >= 0.3 is 0 Å². The third-order valence-corrected chi connectivity index (χ3v) is 2.56. The lowest BCUT2D eigenvalue weighted by Crippen LogP contribution is -2.26. The van der Waals surface area contributed by atoms with Crippen molar-refractivity contribution in [1.82, 2.24) is 15.3 Å². The number of nitrogens with one attached hydrogen (secondary N) is 1. The van der Waals surface area contributed by atoms with E-state index >= 15 is 0 Å². The second kappa shape index (κ2) is 7.84. The van der Waals surface area contributed by atoms with E-state index in [2.05, 4.69) is 15.3 Å². The van der Waals surface area contributed by atoms with Crippen LogP contribution in [-0.4, -0.2) is 41.9 Å². The van der Waals surface area contributed by atoms with Crippen LogP contribution in [0, 0.1) is 0 Å². The van der Waals surface area contributed by atoms with E-state index in [-0.39, 0.29) is 6.10 Å². The van der Waals surface area contributed by atoms with Crippen molar-refractivity contribution in [2.45, 2.75) is 32.4 Å². The van der Waals surface area contributed by atoms with Gasteiger partial charge in [0.15, 0.2) is 0 Å². The molecule has 0 aliphatic rings. The molecule has 1 unspecified atom stereocenters. The Bertz CT molecular complexity index is 338. The lowest BCUT2D eigenvalue weighted by atomic mass is 10.2. The van der Waals surface area contributed by atoms with Gasteiger partial charge in [-0.15, -0.1) is 0 Å². The first-order valence-electron chi connectivity index (χ1n) is 6.03. The van der Waals surface area contributed by atoms with Gasteiger partial charge in [-0.05, 0) is 6.42 Å². The monoisotopic (exact) mass is 255 g/mol. The Balaban J connectivity index is 2.60. The standard InChI is InChI=1S/C12H21N3O3/c1-4-5-9(16)6-13-7-10-11(17-2)14-8-15-12(10)18-3/h8-9,13,16H,4-7H2,1-3H3. The van der Waals surface area contributed by atoms with E-state index in [9.17, 15) is 5.11 Å². The fraction of sp³-hybridized carbons (Fsp3) is 0.667. The Labute approximate surface area is 107 Å². The summed E-state index contributed by atoms with van der Waals surface area (Å²) >= 11 is 0. The van der Waals surface area contributed by atoms with Gasteiger partial charge in [-0.2, -0.15) is 0 Å². The van der Waals surface area contributed by atoms with Crippen LogP contribution >= 0.6 is 0 Å². The number of hydrogen-bond donors (Lipinski definition) is 2. The van der Waals surface area contributed by atoms with Gasteiger partial charge in [-0.25, -0.2) is 9.97 Å². The van der Waals surface area contributed by atoms with Crippen molar-refractivity contribution in [2.75, 3.05) is 20.8 Å². The van der Waals surface area contributed by atoms with E-state index in [0.29, 0.717) is 24.8 Å². The fourth-order valence-corrected chi connectivity index (χ4v) is 1.68. The summed E-state index contributed by atoms with van der Waals surface area (Å²) in [4.78, 5) is 8.05. The van der Waals surface area contributed by atoms with Crippen LogP contribution in [0.2, 0.25) is 0 Å². The number of methoxy groups -OCH3 is 2. The summed E-state index contributed by atoms with van der Waals surface area (Å²) in [5.74, 6) is 0.971. The highest BCUT2D eigenvalue weighted by molar-refractivity contribution is 5.34. The second-order valence-corrected chi connectivity index (χ2v) is 3.94. The molecule has 1 heterocycles. The average Bonchev–Trinajstić information content (AvgIpc) is 2.39. The van der Waals surface area contributed by atoms with Crippen molar-refractivity contribution in [3.8, 4) is 11.8 Å². The van der Waals surface area contributed by atoms with Gasteiger partial charge in [0.2, 0.25) is 11.8 Å². The Hall–Kier alpha value is -1.40. The van der Waals surface area contributed by atoms with Crippen LogP contribution in [0.5, 0.6) is 11.8 Å². The molecule has 1 rings (SSSR count). The Morgan fingerprint density at radius 2 is 1.89 bits per heavy atom. The van der Waals surface area contributed by atoms with Crippen LogP contribution in [0.15, 0.2) is 6.33 Å². The molecule has 6 heteroatoms. The maximum Gasteiger partial charge on any atom is 0.224 e. The van der Waals surface area contributed by atoms with Crippen LogP contribution in [0.4, 0.5) is 0 Å². The first kappa shape index (κ1) is 14.7. The summed E-state index contributed by atoms with van der Waals surface area (Å²) in [6.07, 6.45) is 2.81. The number of hydrogen-bond acceptors (Lipinski definition) is 6. The van der Waals surface area contributed by atoms with Crippen molar-refractivity contribution in [3.05, 3.63) is 11.9 Å². The molecule has 2 N–H and O–H groups in total. The number of ether oxygens (including phenoxy) is 2. The summed E-state index contributed by atoms with van der Waals surface area (Å²) in [6.45, 7) is 3.06. The van der Waals surface area contributed by atoms with Crippen LogP contribution in [0.1, 0.15) is 25.3 Å². The number of rotatable bonds is 8. The third-order valence-electron chi connectivity index (χ3n) is 2.56. The smallest absolute Gasteiger partial charge is 0.224 e. The molecule has 0 radical (unpaired) electrons. The molecule has 0 spiro atoms. The van der Waals surface area contributed by atoms with Crippen LogP contribution in [0.25, 0.3) is 0 Å². The lowest BCUT2D eigenvalue weighted by Gasteiger charge is -2.13. The van der Waals surface area contributed by atoms with Crippen LogP contribution in [0.3, 0.4) is 0 Å². The average molecular weight is 255 g/mol. The molecule has 1 atom stereocenters. The molecule has 1 aromatic rings. The Kier molecular flexibility index (Phi) is 6.38. The predicted octanol–water partition coefficient (Wildman–Crippen LogP) is 0.744. The molecule has 0 saturated heterocycles. The highest BCUT2D eigenvalue weighted by atomic mass is 16.5. The van der Waals surface area contributed by atoms with Gasteiger partial charge in [-0.3, -0.25) is 0 Å². The zero-order valence-corrected chi connectivity index (χ0v) is 11.1. The van der Waals surface area contributed by atoms with Gasteiger partial charge in [-0.1, -0.05) is 13.3 Å². The maximum absolute atomic E-state index is 9.62. The van der Waals surface area contributed by atoms with Crippen LogP contribution in [-0.2, 0) is 6.54 Å². The summed E-state index contributed by atoms with van der Waals surface area (Å²) in [7, 11) is 3.11. The van der Waals surface area contributed by atoms with Crippen molar-refractivity contribution in [2.24, 2.45) is 0 Å². The van der Waals surface area contributed by atoms with E-state index in [0.717, 1.165) is 18.4 Å². The molecule has 0 aliphatic heterocycles. The summed E-state index contributed by atoms with van der Waals surface area (Å²) < 4.78 is 10.3. The molecule has 18 heavy (non-hydrogen) atoms. The number of aliphatic hydroxyl groups excluding tert-OH is 1. The molecule has 0 fully saturated rings. The third kappa shape index (κ3) is 4.12. The molecule has 0 bridgehead atoms. The molecule has 0 amide bonds. The summed E-state index contributed by atoms with van der Waals surface area (Å²) in [5.41, 5.74) is 0.756. The molecule has 0 aromatic carbocycles. The molecule has 6 nitrogen and oxygen atoms in total. The number of aliphatic hydroxyl groups is 1. The molecular formula is C12H21N3O3. The van der Waals surface area contributed by atoms with E-state index in [1.807, 2.05) is 6.92 Å². The van der Waals surface area contributed by atoms with Gasteiger partial charge in [0, 0.05) is 13.1 Å². The summed E-state index contributed by atoms with van der Waals surface area (Å²) in [6, 6.07) is 0. The zero-order valence-electron chi connectivity index (χ0n) is 11.1. The van der Waals surface area contributed by atoms with Crippen molar-refractivity contribution in [1.29, 1.82) is 0 Å². The molecule has 0 aliphatic carbocycles. The van der Waals surface area contributed by atoms with Gasteiger partial charge in [0.25, 0.3) is 0 Å². The van der Waals surface area contributed by atoms with E-state index in [1.165, 1.54) is 6.33 Å². The van der Waals surface area contributed by atoms with E-state index in [1.54, 1.807) is 14.2 Å². The highest BCUT2D eigenvalue weighted by Crippen LogP contribution is 2.22. The Morgan fingerprint density at radius 3 is 2.39 bits per heavy atom. The number of aromatic nitrogens is 2. The first-order valence-corrected chi connectivity index (χ1v) is 6.03. The fourth-order valence-electron chi connectivity index (χ4n) is 1.68. The topological polar surface area (TPSA) is 76.5 Å². The molecular weight excluding hydrogens is 234 g/mol. The van der Waals surface area contributed by atoms with Crippen molar-refractivity contribution in [3.63, 3.8) is 0 Å². The second-order valence-electron chi connectivity index (χ2n) is 3.94. The maximum atomic E-state index is 9.62. The van der Waals surface area contributed by atoms with Gasteiger partial charge in [0.1, 0.15) is 6.33 Å². The predicted molar refractivity (Wildman–Crippen MR) is 67.8 cm³/mol. The highest BCUT2D eigenvalue weighted by Gasteiger charge is 2.12. The zero-order chi connectivity index (χ0) is 13.4. The van der Waals surface area contributed by atoms with Crippen molar-refractivity contribution >= 4 is 0 Å². The molecule has 102 valence electrons. The molecule has 1 aromatic heterocycles. The SMILES string of the molecule is CCCC(O)CNCc1c(OC)ncnc1OC. The minimum atomic E-state index is -0.336. The van der Waals surface area contributed by atoms with Gasteiger partial charge < -0.3 is 19.9 Å². The molecule has 0 saturated carbocycles.